The number of imide groups is 1. The average molecular weight is 493 g/mol. The third kappa shape index (κ3) is 3.58. The van der Waals surface area contributed by atoms with Crippen LogP contribution in [0.1, 0.15) is 28.6 Å². The van der Waals surface area contributed by atoms with E-state index in [1.807, 2.05) is 0 Å². The summed E-state index contributed by atoms with van der Waals surface area (Å²) in [5.41, 5.74) is -0.105. The van der Waals surface area contributed by atoms with E-state index in [0.717, 1.165) is 10.5 Å². The smallest absolute Gasteiger partial charge is 0.408 e. The first kappa shape index (κ1) is 23.1. The van der Waals surface area contributed by atoms with Crippen molar-refractivity contribution in [1.82, 2.24) is 25.4 Å². The number of amides is 5. The van der Waals surface area contributed by atoms with Crippen LogP contribution < -0.4 is 15.4 Å². The van der Waals surface area contributed by atoms with Crippen LogP contribution in [0.2, 0.25) is 0 Å². The Hall–Kier alpha value is -4.61. The lowest BCUT2D eigenvalue weighted by molar-refractivity contribution is -0.138. The lowest BCUT2D eigenvalue weighted by Gasteiger charge is -2.30. The van der Waals surface area contributed by atoms with E-state index in [4.69, 9.17) is 13.9 Å². The molecule has 5 rings (SSSR count). The van der Waals surface area contributed by atoms with Crippen LogP contribution in [0.25, 0.3) is 11.0 Å². The van der Waals surface area contributed by atoms with Gasteiger partial charge in [0.15, 0.2) is 11.8 Å². The van der Waals surface area contributed by atoms with Crippen LogP contribution in [0.5, 0.6) is 5.75 Å². The van der Waals surface area contributed by atoms with Gasteiger partial charge in [-0.3, -0.25) is 14.6 Å². The van der Waals surface area contributed by atoms with Gasteiger partial charge in [-0.1, -0.05) is 6.07 Å². The quantitative estimate of drug-likeness (QED) is 0.496. The number of methoxy groups -OCH3 is 1. The van der Waals surface area contributed by atoms with Crippen molar-refractivity contribution >= 4 is 34.9 Å². The largest absolute Gasteiger partial charge is 0.497 e. The third-order valence-electron chi connectivity index (χ3n) is 6.33. The molecule has 12 nitrogen and oxygen atoms in total. The van der Waals surface area contributed by atoms with Gasteiger partial charge in [-0.05, 0) is 36.8 Å². The number of furan rings is 1. The van der Waals surface area contributed by atoms with Gasteiger partial charge in [-0.15, -0.1) is 0 Å². The molecule has 1 unspecified atom stereocenters. The van der Waals surface area contributed by atoms with Gasteiger partial charge in [0.25, 0.3) is 11.8 Å². The maximum absolute atomic E-state index is 13.9. The summed E-state index contributed by atoms with van der Waals surface area (Å²) in [6.07, 6.45) is 1.07. The first-order valence-corrected chi connectivity index (χ1v) is 11.1. The van der Waals surface area contributed by atoms with E-state index < -0.39 is 29.8 Å². The van der Waals surface area contributed by atoms with E-state index in [-0.39, 0.29) is 24.8 Å². The van der Waals surface area contributed by atoms with Crippen molar-refractivity contribution in [2.45, 2.75) is 25.2 Å². The van der Waals surface area contributed by atoms with Gasteiger partial charge < -0.3 is 29.4 Å². The number of nitrogens with one attached hydrogen (secondary N) is 2. The number of pyridine rings is 1. The fourth-order valence-electron chi connectivity index (χ4n) is 4.52. The van der Waals surface area contributed by atoms with Crippen LogP contribution in [0, 0.1) is 0 Å². The van der Waals surface area contributed by atoms with E-state index in [1.165, 1.54) is 32.2 Å². The molecule has 36 heavy (non-hydrogen) atoms. The molecule has 1 aromatic carbocycles. The minimum absolute atomic E-state index is 0.125. The average Bonchev–Trinajstić information content (AvgIpc) is 3.51. The molecule has 0 bridgehead atoms. The van der Waals surface area contributed by atoms with Gasteiger partial charge >= 0.3 is 12.1 Å². The molecular formula is C24H23N5O7. The number of carbonyl (C=O) groups is 4. The predicted molar refractivity (Wildman–Crippen MR) is 124 cm³/mol. The predicted octanol–water partition coefficient (Wildman–Crippen LogP) is 1.94. The molecule has 186 valence electrons. The van der Waals surface area contributed by atoms with Crippen molar-refractivity contribution in [2.75, 3.05) is 20.7 Å². The second kappa shape index (κ2) is 8.56. The fourth-order valence-corrected chi connectivity index (χ4v) is 4.52. The molecule has 5 amide bonds. The minimum Gasteiger partial charge on any atom is -0.497 e. The Balaban J connectivity index is 1.55. The molecule has 0 spiro atoms. The Kier molecular flexibility index (Phi) is 5.50. The highest BCUT2D eigenvalue weighted by Crippen LogP contribution is 2.37. The molecule has 2 aliphatic heterocycles. The molecule has 2 aromatic heterocycles. The monoisotopic (exact) mass is 493 g/mol. The summed E-state index contributed by atoms with van der Waals surface area (Å²) in [5, 5.41) is 5.60. The zero-order valence-corrected chi connectivity index (χ0v) is 19.7. The number of nitrogens with zero attached hydrogens (tertiary/aromatic N) is 3. The fraction of sp³-hybridized carbons (Fsp3) is 0.292. The Labute approximate surface area is 205 Å². The number of benzene rings is 1. The lowest BCUT2D eigenvalue weighted by atomic mass is 9.94. The normalized spacial score (nSPS) is 19.9. The maximum atomic E-state index is 13.9. The Morgan fingerprint density at radius 3 is 2.81 bits per heavy atom. The molecule has 1 saturated heterocycles. The van der Waals surface area contributed by atoms with E-state index in [2.05, 4.69) is 15.6 Å². The van der Waals surface area contributed by atoms with Crippen LogP contribution in [0.3, 0.4) is 0 Å². The van der Waals surface area contributed by atoms with E-state index >= 15 is 0 Å². The number of ether oxygens (including phenoxy) is 2. The zero-order valence-electron chi connectivity index (χ0n) is 19.7. The van der Waals surface area contributed by atoms with Gasteiger partial charge in [0.05, 0.1) is 13.7 Å². The summed E-state index contributed by atoms with van der Waals surface area (Å²) in [6, 6.07) is 7.61. The van der Waals surface area contributed by atoms with Crippen LogP contribution in [-0.2, 0) is 21.6 Å². The second-order valence-electron chi connectivity index (χ2n) is 8.47. The topological polar surface area (TPSA) is 143 Å². The summed E-state index contributed by atoms with van der Waals surface area (Å²) in [5.74, 6) is -0.395. The number of aromatic nitrogens is 1. The van der Waals surface area contributed by atoms with Crippen molar-refractivity contribution in [2.24, 2.45) is 0 Å². The summed E-state index contributed by atoms with van der Waals surface area (Å²) in [7, 11) is 2.87. The number of alkyl carbamates (subject to hydrolysis) is 1. The van der Waals surface area contributed by atoms with Crippen LogP contribution in [-0.4, -0.2) is 65.7 Å². The van der Waals surface area contributed by atoms with Crippen LogP contribution >= 0.6 is 0 Å². The van der Waals surface area contributed by atoms with E-state index in [1.54, 1.807) is 36.5 Å². The standard InChI is InChI=1S/C24H23N5O7/c1-13(35-23(33)25-2)29-21(31)24(27-22(29)32,19-8-15-10-26-7-6-18(15)36-19)12-28-11-14-4-5-16(34-3)9-17(14)20(28)30/h4-10,13H,11-12H2,1-3H3,(H,25,33)(H,27,32)/t13?,24-/m0/s1. The molecular weight excluding hydrogens is 470 g/mol. The number of hydrogen-bond acceptors (Lipinski definition) is 8. The number of rotatable bonds is 6. The van der Waals surface area contributed by atoms with Crippen molar-refractivity contribution in [3.8, 4) is 5.75 Å². The first-order chi connectivity index (χ1) is 17.3. The summed E-state index contributed by atoms with van der Waals surface area (Å²) >= 11 is 0. The number of fused-ring (bicyclic) bond motifs is 2. The molecule has 0 saturated carbocycles. The van der Waals surface area contributed by atoms with Gasteiger partial charge in [-0.2, -0.15) is 0 Å². The van der Waals surface area contributed by atoms with Crippen molar-refractivity contribution in [1.29, 1.82) is 0 Å². The van der Waals surface area contributed by atoms with E-state index in [0.29, 0.717) is 22.3 Å². The SMILES string of the molecule is CNC(=O)OC(C)N1C(=O)N[C@@](CN2Cc3ccc(OC)cc3C2=O)(c2cc3cnccc3o2)C1=O. The first-order valence-electron chi connectivity index (χ1n) is 11.1. The zero-order chi connectivity index (χ0) is 25.6. The number of hydrogen-bond donors (Lipinski definition) is 2. The highest BCUT2D eigenvalue weighted by Gasteiger charge is 2.58. The van der Waals surface area contributed by atoms with Crippen LogP contribution in [0.4, 0.5) is 9.59 Å². The Morgan fingerprint density at radius 2 is 2.08 bits per heavy atom. The van der Waals surface area contributed by atoms with Crippen LogP contribution in [0.15, 0.2) is 47.1 Å². The van der Waals surface area contributed by atoms with E-state index in [9.17, 15) is 19.2 Å². The maximum Gasteiger partial charge on any atom is 0.408 e. The highest BCUT2D eigenvalue weighted by atomic mass is 16.6. The van der Waals surface area contributed by atoms with Gasteiger partial charge in [0, 0.05) is 36.9 Å². The highest BCUT2D eigenvalue weighted by molar-refractivity contribution is 6.08. The van der Waals surface area contributed by atoms with Crippen molar-refractivity contribution < 1.29 is 33.1 Å². The molecule has 12 heteroatoms. The molecule has 1 fully saturated rings. The van der Waals surface area contributed by atoms with Gasteiger partial charge in [0.1, 0.15) is 17.1 Å². The Bertz CT molecular complexity index is 1370. The molecule has 2 N–H and O–H groups in total. The summed E-state index contributed by atoms with van der Waals surface area (Å²) in [6.45, 7) is 1.40. The molecule has 3 aromatic rings. The minimum atomic E-state index is -1.77. The van der Waals surface area contributed by atoms with Crippen molar-refractivity contribution in [3.63, 3.8) is 0 Å². The number of urea groups is 1. The number of carbonyl (C=O) groups excluding carboxylic acids is 4. The van der Waals surface area contributed by atoms with Gasteiger partial charge in [0.2, 0.25) is 0 Å². The Morgan fingerprint density at radius 1 is 1.28 bits per heavy atom. The van der Waals surface area contributed by atoms with Gasteiger partial charge in [-0.25, -0.2) is 14.5 Å². The molecule has 2 aliphatic rings. The molecule has 0 aliphatic carbocycles. The van der Waals surface area contributed by atoms with Crippen molar-refractivity contribution in [3.05, 3.63) is 59.6 Å². The molecule has 0 radical (unpaired) electrons. The third-order valence-corrected chi connectivity index (χ3v) is 6.33. The lowest BCUT2D eigenvalue weighted by Crippen LogP contribution is -2.53. The summed E-state index contributed by atoms with van der Waals surface area (Å²) in [4.78, 5) is 58.3. The molecule has 2 atom stereocenters. The second-order valence-corrected chi connectivity index (χ2v) is 8.47. The summed E-state index contributed by atoms with van der Waals surface area (Å²) < 4.78 is 16.4. The molecule has 4 heterocycles.